The number of alkyl carbamates (subject to hydrolysis) is 1. The number of hydrogen-bond donors (Lipinski definition) is 2. The number of nitrogens with one attached hydrogen (secondary N) is 1. The highest BCUT2D eigenvalue weighted by Gasteiger charge is 2.22. The molecule has 0 saturated heterocycles. The van der Waals surface area contributed by atoms with Gasteiger partial charge in [-0.2, -0.15) is 0 Å². The molecule has 0 spiro atoms. The van der Waals surface area contributed by atoms with E-state index in [0.717, 1.165) is 0 Å². The standard InChI is InChI=1S/C10H20N2O3/c1-6(2)5-15-10(14)12-8(7(3)4)9(11)13/h6-8H,5H2,1-4H3,(H2,11,13)(H,12,14)/t8-/m0/s1. The molecule has 15 heavy (non-hydrogen) atoms. The maximum atomic E-state index is 11.2. The van der Waals surface area contributed by atoms with Crippen LogP contribution in [0.15, 0.2) is 0 Å². The smallest absolute Gasteiger partial charge is 0.407 e. The Hall–Kier alpha value is -1.26. The number of ether oxygens (including phenoxy) is 1. The molecule has 0 radical (unpaired) electrons. The molecule has 2 amide bonds. The zero-order chi connectivity index (χ0) is 12.0. The molecule has 88 valence electrons. The zero-order valence-corrected chi connectivity index (χ0v) is 9.74. The molecule has 0 unspecified atom stereocenters. The molecule has 3 N–H and O–H groups in total. The summed E-state index contributed by atoms with van der Waals surface area (Å²) in [6.45, 7) is 7.80. The largest absolute Gasteiger partial charge is 0.449 e. The quantitative estimate of drug-likeness (QED) is 0.715. The molecule has 5 nitrogen and oxygen atoms in total. The fraction of sp³-hybridized carbons (Fsp3) is 0.800. The van der Waals surface area contributed by atoms with Gasteiger partial charge in [-0.15, -0.1) is 0 Å². The second kappa shape index (κ2) is 6.27. The normalized spacial score (nSPS) is 12.7. The molecular weight excluding hydrogens is 196 g/mol. The van der Waals surface area contributed by atoms with Gasteiger partial charge < -0.3 is 15.8 Å². The highest BCUT2D eigenvalue weighted by Crippen LogP contribution is 2.01. The molecule has 0 bridgehead atoms. The second-order valence-corrected chi connectivity index (χ2v) is 4.26. The average molecular weight is 216 g/mol. The Bertz CT molecular complexity index is 227. The van der Waals surface area contributed by atoms with Crippen LogP contribution in [0.25, 0.3) is 0 Å². The highest BCUT2D eigenvalue weighted by atomic mass is 16.5. The van der Waals surface area contributed by atoms with Crippen LogP contribution in [0.5, 0.6) is 0 Å². The number of amides is 2. The van der Waals surface area contributed by atoms with E-state index in [1.54, 1.807) is 13.8 Å². The van der Waals surface area contributed by atoms with Gasteiger partial charge in [0.25, 0.3) is 0 Å². The van der Waals surface area contributed by atoms with Crippen LogP contribution in [-0.2, 0) is 9.53 Å². The lowest BCUT2D eigenvalue weighted by Gasteiger charge is -2.18. The van der Waals surface area contributed by atoms with Crippen molar-refractivity contribution < 1.29 is 14.3 Å². The number of carbonyl (C=O) groups excluding carboxylic acids is 2. The van der Waals surface area contributed by atoms with E-state index in [1.807, 2.05) is 13.8 Å². The third-order valence-corrected chi connectivity index (χ3v) is 1.79. The molecule has 0 saturated carbocycles. The molecule has 0 aromatic rings. The van der Waals surface area contributed by atoms with E-state index in [2.05, 4.69) is 5.32 Å². The highest BCUT2D eigenvalue weighted by molar-refractivity contribution is 5.84. The first kappa shape index (κ1) is 13.7. The van der Waals surface area contributed by atoms with Crippen LogP contribution in [-0.4, -0.2) is 24.6 Å². The lowest BCUT2D eigenvalue weighted by molar-refractivity contribution is -0.120. The summed E-state index contributed by atoms with van der Waals surface area (Å²) in [5.74, 6) is -0.331. The summed E-state index contributed by atoms with van der Waals surface area (Å²) in [6.07, 6.45) is -0.596. The van der Waals surface area contributed by atoms with Crippen LogP contribution in [0.4, 0.5) is 4.79 Å². The Morgan fingerprint density at radius 2 is 1.80 bits per heavy atom. The van der Waals surface area contributed by atoms with E-state index < -0.39 is 18.0 Å². The molecule has 0 fully saturated rings. The molecule has 0 rings (SSSR count). The zero-order valence-electron chi connectivity index (χ0n) is 9.74. The average Bonchev–Trinajstić information content (AvgIpc) is 2.09. The van der Waals surface area contributed by atoms with Crippen LogP contribution in [0.2, 0.25) is 0 Å². The molecule has 0 aromatic heterocycles. The van der Waals surface area contributed by atoms with Crippen LogP contribution in [0.1, 0.15) is 27.7 Å². The Kier molecular flexibility index (Phi) is 5.74. The lowest BCUT2D eigenvalue weighted by Crippen LogP contribution is -2.48. The minimum absolute atomic E-state index is 0.0471. The summed E-state index contributed by atoms with van der Waals surface area (Å²) in [7, 11) is 0. The Morgan fingerprint density at radius 1 is 1.27 bits per heavy atom. The maximum absolute atomic E-state index is 11.2. The molecule has 0 aromatic carbocycles. The summed E-state index contributed by atoms with van der Waals surface area (Å²) < 4.78 is 4.88. The lowest BCUT2D eigenvalue weighted by atomic mass is 10.0. The van der Waals surface area contributed by atoms with Gasteiger partial charge >= 0.3 is 6.09 Å². The van der Waals surface area contributed by atoms with Crippen LogP contribution in [0.3, 0.4) is 0 Å². The van der Waals surface area contributed by atoms with Gasteiger partial charge in [-0.1, -0.05) is 27.7 Å². The van der Waals surface area contributed by atoms with Crippen molar-refractivity contribution in [1.82, 2.24) is 5.32 Å². The van der Waals surface area contributed by atoms with E-state index >= 15 is 0 Å². The topological polar surface area (TPSA) is 81.4 Å². The molecule has 0 heterocycles. The monoisotopic (exact) mass is 216 g/mol. The van der Waals surface area contributed by atoms with Crippen molar-refractivity contribution in [3.05, 3.63) is 0 Å². The summed E-state index contributed by atoms with van der Waals surface area (Å²) >= 11 is 0. The summed E-state index contributed by atoms with van der Waals surface area (Å²) in [5, 5.41) is 2.44. The second-order valence-electron chi connectivity index (χ2n) is 4.26. The van der Waals surface area contributed by atoms with Gasteiger partial charge in [0.05, 0.1) is 6.61 Å². The van der Waals surface area contributed by atoms with Crippen molar-refractivity contribution in [2.75, 3.05) is 6.61 Å². The van der Waals surface area contributed by atoms with E-state index in [1.165, 1.54) is 0 Å². The van der Waals surface area contributed by atoms with E-state index in [9.17, 15) is 9.59 Å². The predicted molar refractivity (Wildman–Crippen MR) is 57.1 cm³/mol. The van der Waals surface area contributed by atoms with Gasteiger partial charge in [0.1, 0.15) is 6.04 Å². The third kappa shape index (κ3) is 5.93. The minimum atomic E-state index is -0.676. The van der Waals surface area contributed by atoms with Crippen LogP contribution >= 0.6 is 0 Å². The number of carbonyl (C=O) groups is 2. The Labute approximate surface area is 90.4 Å². The molecule has 0 aliphatic rings. The first-order chi connectivity index (χ1) is 6.84. The maximum Gasteiger partial charge on any atom is 0.407 e. The van der Waals surface area contributed by atoms with Gasteiger partial charge in [0, 0.05) is 0 Å². The first-order valence-electron chi connectivity index (χ1n) is 5.07. The molecular formula is C10H20N2O3. The molecule has 0 aliphatic heterocycles. The third-order valence-electron chi connectivity index (χ3n) is 1.79. The fourth-order valence-electron chi connectivity index (χ4n) is 0.977. The SMILES string of the molecule is CC(C)COC(=O)N[C@H](C(N)=O)C(C)C. The Morgan fingerprint density at radius 3 is 2.13 bits per heavy atom. The summed E-state index contributed by atoms with van der Waals surface area (Å²) in [6, 6.07) is -0.676. The summed E-state index contributed by atoms with van der Waals surface area (Å²) in [5.41, 5.74) is 5.13. The Balaban J connectivity index is 4.07. The van der Waals surface area contributed by atoms with Gasteiger partial charge in [-0.3, -0.25) is 4.79 Å². The minimum Gasteiger partial charge on any atom is -0.449 e. The van der Waals surface area contributed by atoms with Gasteiger partial charge in [0.2, 0.25) is 5.91 Å². The molecule has 0 aliphatic carbocycles. The van der Waals surface area contributed by atoms with Crippen molar-refractivity contribution in [1.29, 1.82) is 0 Å². The molecule has 1 atom stereocenters. The van der Waals surface area contributed by atoms with E-state index in [4.69, 9.17) is 10.5 Å². The van der Waals surface area contributed by atoms with Crippen LogP contribution in [0, 0.1) is 11.8 Å². The number of primary amides is 1. The number of hydrogen-bond acceptors (Lipinski definition) is 3. The summed E-state index contributed by atoms with van der Waals surface area (Å²) in [4.78, 5) is 22.2. The van der Waals surface area contributed by atoms with Gasteiger partial charge in [-0.05, 0) is 11.8 Å². The van der Waals surface area contributed by atoms with Crippen molar-refractivity contribution in [2.24, 2.45) is 17.6 Å². The van der Waals surface area contributed by atoms with Crippen molar-refractivity contribution in [2.45, 2.75) is 33.7 Å². The van der Waals surface area contributed by atoms with Crippen molar-refractivity contribution in [3.63, 3.8) is 0 Å². The fourth-order valence-corrected chi connectivity index (χ4v) is 0.977. The van der Waals surface area contributed by atoms with E-state index in [-0.39, 0.29) is 11.8 Å². The number of nitrogens with two attached hydrogens (primary N) is 1. The number of rotatable bonds is 5. The molecule has 5 heteroatoms. The van der Waals surface area contributed by atoms with Gasteiger partial charge in [0.15, 0.2) is 0 Å². The van der Waals surface area contributed by atoms with Crippen molar-refractivity contribution >= 4 is 12.0 Å². The van der Waals surface area contributed by atoms with Crippen LogP contribution < -0.4 is 11.1 Å². The predicted octanol–water partition coefficient (Wildman–Crippen LogP) is 0.878. The first-order valence-corrected chi connectivity index (χ1v) is 5.07. The van der Waals surface area contributed by atoms with E-state index in [0.29, 0.717) is 6.61 Å². The van der Waals surface area contributed by atoms with Crippen molar-refractivity contribution in [3.8, 4) is 0 Å². The van der Waals surface area contributed by atoms with Gasteiger partial charge in [-0.25, -0.2) is 4.79 Å².